The van der Waals surface area contributed by atoms with Crippen LogP contribution < -0.4 is 10.2 Å². The molecule has 69 valence electrons. The van der Waals surface area contributed by atoms with Crippen LogP contribution in [0.15, 0.2) is 18.2 Å². The molecule has 0 heterocycles. The van der Waals surface area contributed by atoms with Gasteiger partial charge in [0.2, 0.25) is 0 Å². The minimum Gasteiger partial charge on any atom is -0.497 e. The molecule has 1 aromatic carbocycles. The van der Waals surface area contributed by atoms with Crippen LogP contribution in [-0.2, 0) is 0 Å². The van der Waals surface area contributed by atoms with Crippen LogP contribution in [0.3, 0.4) is 0 Å². The standard InChI is InChI=1S/C10H13BFO/c1-7(2)11-9-6-8(12)4-5-10(9)13-3/h4-7H,1-3H3. The summed E-state index contributed by atoms with van der Waals surface area (Å²) < 4.78 is 18.0. The summed E-state index contributed by atoms with van der Waals surface area (Å²) in [6.45, 7) is 4.09. The number of ether oxygens (including phenoxy) is 1. The van der Waals surface area contributed by atoms with Gasteiger partial charge in [0, 0.05) is 0 Å². The van der Waals surface area contributed by atoms with Crippen molar-refractivity contribution < 1.29 is 9.13 Å². The van der Waals surface area contributed by atoms with Crippen molar-refractivity contribution in [3.8, 4) is 5.75 Å². The Balaban J connectivity index is 2.94. The van der Waals surface area contributed by atoms with Crippen molar-refractivity contribution >= 4 is 12.7 Å². The molecule has 0 aromatic heterocycles. The van der Waals surface area contributed by atoms with Gasteiger partial charge in [-0.05, 0) is 23.7 Å². The molecule has 0 bridgehead atoms. The van der Waals surface area contributed by atoms with E-state index in [1.54, 1.807) is 13.2 Å². The molecule has 0 unspecified atom stereocenters. The first-order valence-corrected chi connectivity index (χ1v) is 4.32. The van der Waals surface area contributed by atoms with Gasteiger partial charge in [-0.25, -0.2) is 4.39 Å². The van der Waals surface area contributed by atoms with Crippen LogP contribution in [-0.4, -0.2) is 14.4 Å². The quantitative estimate of drug-likeness (QED) is 0.644. The van der Waals surface area contributed by atoms with Gasteiger partial charge in [-0.15, -0.1) is 0 Å². The molecule has 0 saturated heterocycles. The Bertz CT molecular complexity index is 286. The van der Waals surface area contributed by atoms with Gasteiger partial charge >= 0.3 is 0 Å². The van der Waals surface area contributed by atoms with E-state index in [2.05, 4.69) is 0 Å². The van der Waals surface area contributed by atoms with Crippen molar-refractivity contribution in [2.75, 3.05) is 7.11 Å². The molecular weight excluding hydrogens is 166 g/mol. The van der Waals surface area contributed by atoms with E-state index in [0.717, 1.165) is 11.2 Å². The zero-order valence-corrected chi connectivity index (χ0v) is 8.17. The van der Waals surface area contributed by atoms with Gasteiger partial charge in [-0.2, -0.15) is 0 Å². The second kappa shape index (κ2) is 4.31. The minimum absolute atomic E-state index is 0.229. The second-order valence-electron chi connectivity index (χ2n) is 3.30. The molecule has 0 saturated carbocycles. The molecule has 1 nitrogen and oxygen atoms in total. The zero-order chi connectivity index (χ0) is 9.84. The highest BCUT2D eigenvalue weighted by atomic mass is 19.1. The lowest BCUT2D eigenvalue weighted by molar-refractivity contribution is 0.417. The second-order valence-corrected chi connectivity index (χ2v) is 3.30. The first-order chi connectivity index (χ1) is 6.13. The lowest BCUT2D eigenvalue weighted by Gasteiger charge is -2.09. The third kappa shape index (κ3) is 2.76. The van der Waals surface area contributed by atoms with E-state index in [9.17, 15) is 4.39 Å². The predicted octanol–water partition coefficient (Wildman–Crippen LogP) is 1.99. The molecule has 1 radical (unpaired) electrons. The predicted molar refractivity (Wildman–Crippen MR) is 53.4 cm³/mol. The van der Waals surface area contributed by atoms with Gasteiger partial charge in [0.05, 0.1) is 7.11 Å². The molecule has 0 aliphatic carbocycles. The summed E-state index contributed by atoms with van der Waals surface area (Å²) in [6, 6.07) is 4.53. The van der Waals surface area contributed by atoms with E-state index in [1.807, 2.05) is 21.1 Å². The smallest absolute Gasteiger partial charge is 0.159 e. The SMILES string of the molecule is COc1ccc(F)cc1[B]C(C)C. The molecule has 13 heavy (non-hydrogen) atoms. The monoisotopic (exact) mass is 179 g/mol. The first kappa shape index (κ1) is 10.1. The van der Waals surface area contributed by atoms with Crippen molar-refractivity contribution in [2.24, 2.45) is 0 Å². The van der Waals surface area contributed by atoms with E-state index in [1.165, 1.54) is 12.1 Å². The maximum absolute atomic E-state index is 12.9. The number of methoxy groups -OCH3 is 1. The van der Waals surface area contributed by atoms with E-state index < -0.39 is 0 Å². The van der Waals surface area contributed by atoms with Crippen molar-refractivity contribution in [3.05, 3.63) is 24.0 Å². The van der Waals surface area contributed by atoms with Gasteiger partial charge in [-0.1, -0.05) is 19.7 Å². The lowest BCUT2D eigenvalue weighted by Crippen LogP contribution is -2.19. The topological polar surface area (TPSA) is 9.23 Å². The highest BCUT2D eigenvalue weighted by Gasteiger charge is 2.07. The summed E-state index contributed by atoms with van der Waals surface area (Å²) in [5.74, 6) is 0.874. The third-order valence-corrected chi connectivity index (χ3v) is 1.70. The van der Waals surface area contributed by atoms with Gasteiger partial charge < -0.3 is 4.74 Å². The molecule has 0 fully saturated rings. The summed E-state index contributed by atoms with van der Waals surface area (Å²) in [5.41, 5.74) is 0.817. The molecule has 1 rings (SSSR count). The van der Waals surface area contributed by atoms with Crippen LogP contribution in [0.4, 0.5) is 4.39 Å². The van der Waals surface area contributed by atoms with Crippen molar-refractivity contribution in [1.29, 1.82) is 0 Å². The number of hydrogen-bond acceptors (Lipinski definition) is 1. The van der Waals surface area contributed by atoms with Crippen LogP contribution in [0.2, 0.25) is 5.82 Å². The van der Waals surface area contributed by atoms with Gasteiger partial charge in [0.1, 0.15) is 11.6 Å². The highest BCUT2D eigenvalue weighted by molar-refractivity contribution is 6.55. The molecule has 3 heteroatoms. The van der Waals surface area contributed by atoms with Crippen molar-refractivity contribution in [2.45, 2.75) is 19.7 Å². The van der Waals surface area contributed by atoms with E-state index in [0.29, 0.717) is 5.82 Å². The third-order valence-electron chi connectivity index (χ3n) is 1.70. The number of benzene rings is 1. The summed E-state index contributed by atoms with van der Waals surface area (Å²) in [4.78, 5) is 0. The summed E-state index contributed by atoms with van der Waals surface area (Å²) in [5, 5.41) is 0. The number of halogens is 1. The zero-order valence-electron chi connectivity index (χ0n) is 8.17. The molecule has 0 aliphatic rings. The lowest BCUT2D eigenvalue weighted by atomic mass is 9.60. The normalized spacial score (nSPS) is 10.2. The van der Waals surface area contributed by atoms with Crippen LogP contribution >= 0.6 is 0 Å². The Hall–Kier alpha value is -0.985. The van der Waals surface area contributed by atoms with E-state index in [4.69, 9.17) is 4.74 Å². The van der Waals surface area contributed by atoms with E-state index >= 15 is 0 Å². The Morgan fingerprint density at radius 1 is 1.38 bits per heavy atom. The summed E-state index contributed by atoms with van der Waals surface area (Å²) in [6.07, 6.45) is 0. The van der Waals surface area contributed by atoms with Crippen LogP contribution in [0, 0.1) is 5.82 Å². The molecule has 0 atom stereocenters. The molecule has 0 N–H and O–H groups in total. The fourth-order valence-electron chi connectivity index (χ4n) is 1.19. The number of rotatable bonds is 3. The molecule has 0 spiro atoms. The largest absolute Gasteiger partial charge is 0.497 e. The Morgan fingerprint density at radius 2 is 2.08 bits per heavy atom. The van der Waals surface area contributed by atoms with Crippen molar-refractivity contribution in [3.63, 3.8) is 0 Å². The average Bonchev–Trinajstić information content (AvgIpc) is 2.03. The molecule has 1 aromatic rings. The first-order valence-electron chi connectivity index (χ1n) is 4.32. The van der Waals surface area contributed by atoms with Crippen LogP contribution in [0.25, 0.3) is 0 Å². The minimum atomic E-state index is -0.229. The maximum atomic E-state index is 12.9. The van der Waals surface area contributed by atoms with E-state index in [-0.39, 0.29) is 5.82 Å². The Morgan fingerprint density at radius 3 is 2.62 bits per heavy atom. The van der Waals surface area contributed by atoms with Crippen LogP contribution in [0.1, 0.15) is 13.8 Å². The average molecular weight is 179 g/mol. The Labute approximate surface area is 79.2 Å². The fraction of sp³-hybridized carbons (Fsp3) is 0.400. The highest BCUT2D eigenvalue weighted by Crippen LogP contribution is 2.10. The summed E-state index contributed by atoms with van der Waals surface area (Å²) >= 11 is 0. The van der Waals surface area contributed by atoms with Crippen LogP contribution in [0.5, 0.6) is 5.75 Å². The number of hydrogen-bond donors (Lipinski definition) is 0. The fourth-order valence-corrected chi connectivity index (χ4v) is 1.19. The molecular formula is C10H13BFO. The van der Waals surface area contributed by atoms with Gasteiger partial charge in [-0.3, -0.25) is 0 Å². The van der Waals surface area contributed by atoms with Gasteiger partial charge in [0.25, 0.3) is 0 Å². The Kier molecular flexibility index (Phi) is 3.35. The molecule has 0 amide bonds. The maximum Gasteiger partial charge on any atom is 0.159 e. The van der Waals surface area contributed by atoms with Gasteiger partial charge in [0.15, 0.2) is 7.28 Å². The molecule has 0 aliphatic heterocycles. The van der Waals surface area contributed by atoms with Crippen molar-refractivity contribution in [1.82, 2.24) is 0 Å². The summed E-state index contributed by atoms with van der Waals surface area (Å²) in [7, 11) is 3.56.